The molecule has 0 bridgehead atoms. The van der Waals surface area contributed by atoms with Crippen molar-refractivity contribution in [1.29, 1.82) is 0 Å². The third kappa shape index (κ3) is 5.48. The maximum atomic E-state index is 6.10. The number of pyridine rings is 1. The summed E-state index contributed by atoms with van der Waals surface area (Å²) in [6.45, 7) is 4.59. The summed E-state index contributed by atoms with van der Waals surface area (Å²) < 4.78 is 12.1. The molecule has 0 aliphatic carbocycles. The van der Waals surface area contributed by atoms with Crippen LogP contribution in [0.3, 0.4) is 0 Å². The Morgan fingerprint density at radius 2 is 1.81 bits per heavy atom. The fourth-order valence-corrected chi connectivity index (χ4v) is 2.88. The van der Waals surface area contributed by atoms with E-state index in [1.165, 1.54) is 5.56 Å². The standard InChI is InChI=1S/C23H24ClNO2/c1-3-4-7-18-9-10-21(27-20-11-12-22(24)17(2)14-20)15-23(18)26-16-19-8-5-6-13-25-19/h5-6,8-15H,3-4,7,16H2,1-2H3. The van der Waals surface area contributed by atoms with E-state index in [0.717, 1.165) is 52.8 Å². The van der Waals surface area contributed by atoms with Crippen LogP contribution in [0.5, 0.6) is 17.2 Å². The zero-order chi connectivity index (χ0) is 19.1. The molecule has 1 heterocycles. The highest BCUT2D eigenvalue weighted by Crippen LogP contribution is 2.31. The normalized spacial score (nSPS) is 10.6. The molecule has 2 aromatic carbocycles. The van der Waals surface area contributed by atoms with E-state index in [2.05, 4.69) is 18.0 Å². The molecule has 0 aliphatic rings. The van der Waals surface area contributed by atoms with Gasteiger partial charge in [-0.2, -0.15) is 0 Å². The summed E-state index contributed by atoms with van der Waals surface area (Å²) in [6, 6.07) is 17.5. The molecule has 0 amide bonds. The lowest BCUT2D eigenvalue weighted by molar-refractivity contribution is 0.296. The molecule has 4 heteroatoms. The number of halogens is 1. The van der Waals surface area contributed by atoms with Crippen molar-refractivity contribution < 1.29 is 9.47 Å². The second-order valence-electron chi connectivity index (χ2n) is 6.50. The number of aromatic nitrogens is 1. The van der Waals surface area contributed by atoms with E-state index in [0.29, 0.717) is 6.61 Å². The average molecular weight is 382 g/mol. The lowest BCUT2D eigenvalue weighted by Gasteiger charge is -2.14. The van der Waals surface area contributed by atoms with E-state index >= 15 is 0 Å². The van der Waals surface area contributed by atoms with Gasteiger partial charge in [0, 0.05) is 17.3 Å². The van der Waals surface area contributed by atoms with Crippen molar-refractivity contribution in [2.75, 3.05) is 0 Å². The van der Waals surface area contributed by atoms with E-state index in [1.54, 1.807) is 6.20 Å². The van der Waals surface area contributed by atoms with Crippen LogP contribution in [0.25, 0.3) is 0 Å². The number of unbranched alkanes of at least 4 members (excludes halogenated alkanes) is 1. The van der Waals surface area contributed by atoms with Crippen LogP contribution in [0.15, 0.2) is 60.8 Å². The van der Waals surface area contributed by atoms with Crippen LogP contribution in [0.4, 0.5) is 0 Å². The highest BCUT2D eigenvalue weighted by atomic mass is 35.5. The molecule has 0 fully saturated rings. The number of rotatable bonds is 8. The summed E-state index contributed by atoms with van der Waals surface area (Å²) in [6.07, 6.45) is 5.02. The van der Waals surface area contributed by atoms with Gasteiger partial charge >= 0.3 is 0 Å². The highest BCUT2D eigenvalue weighted by Gasteiger charge is 2.09. The maximum Gasteiger partial charge on any atom is 0.131 e. The van der Waals surface area contributed by atoms with Crippen LogP contribution in [0.2, 0.25) is 5.02 Å². The van der Waals surface area contributed by atoms with Gasteiger partial charge in [0.15, 0.2) is 0 Å². The Hall–Kier alpha value is -2.52. The van der Waals surface area contributed by atoms with Crippen molar-refractivity contribution in [2.45, 2.75) is 39.7 Å². The second kappa shape index (κ2) is 9.43. The summed E-state index contributed by atoms with van der Waals surface area (Å²) in [5.74, 6) is 2.35. The molecular weight excluding hydrogens is 358 g/mol. The van der Waals surface area contributed by atoms with Gasteiger partial charge in [-0.1, -0.05) is 37.1 Å². The number of aryl methyl sites for hydroxylation is 2. The Bertz CT molecular complexity index is 881. The largest absolute Gasteiger partial charge is 0.487 e. The zero-order valence-corrected chi connectivity index (χ0v) is 16.5. The second-order valence-corrected chi connectivity index (χ2v) is 6.90. The van der Waals surface area contributed by atoms with Crippen LogP contribution in [0.1, 0.15) is 36.6 Å². The molecule has 3 aromatic rings. The van der Waals surface area contributed by atoms with E-state index in [9.17, 15) is 0 Å². The Morgan fingerprint density at radius 1 is 1.00 bits per heavy atom. The third-order valence-electron chi connectivity index (χ3n) is 4.31. The Balaban J connectivity index is 1.79. The smallest absolute Gasteiger partial charge is 0.131 e. The van der Waals surface area contributed by atoms with Crippen molar-refractivity contribution in [1.82, 2.24) is 4.98 Å². The van der Waals surface area contributed by atoms with Gasteiger partial charge in [0.2, 0.25) is 0 Å². The predicted octanol–water partition coefficient (Wildman–Crippen LogP) is 6.76. The molecule has 0 atom stereocenters. The molecule has 0 aliphatic heterocycles. The zero-order valence-electron chi connectivity index (χ0n) is 15.7. The molecule has 0 saturated carbocycles. The lowest BCUT2D eigenvalue weighted by atomic mass is 10.1. The number of benzene rings is 2. The summed E-state index contributed by atoms with van der Waals surface area (Å²) in [7, 11) is 0. The Morgan fingerprint density at radius 3 is 2.56 bits per heavy atom. The van der Waals surface area contributed by atoms with Gasteiger partial charge in [-0.25, -0.2) is 0 Å². The van der Waals surface area contributed by atoms with Crippen LogP contribution in [-0.4, -0.2) is 4.98 Å². The molecule has 0 radical (unpaired) electrons. The van der Waals surface area contributed by atoms with Crippen LogP contribution >= 0.6 is 11.6 Å². The van der Waals surface area contributed by atoms with Gasteiger partial charge in [-0.3, -0.25) is 4.98 Å². The minimum Gasteiger partial charge on any atom is -0.487 e. The molecule has 0 unspecified atom stereocenters. The van der Waals surface area contributed by atoms with Crippen molar-refractivity contribution in [3.8, 4) is 17.2 Å². The minimum atomic E-state index is 0.434. The van der Waals surface area contributed by atoms with Crippen LogP contribution in [0, 0.1) is 6.92 Å². The van der Waals surface area contributed by atoms with Gasteiger partial charge in [-0.05, 0) is 67.3 Å². The first-order valence-electron chi connectivity index (χ1n) is 9.25. The first kappa shape index (κ1) is 19.2. The SMILES string of the molecule is CCCCc1ccc(Oc2ccc(Cl)c(C)c2)cc1OCc1ccccn1. The van der Waals surface area contributed by atoms with Gasteiger partial charge in [0.1, 0.15) is 23.9 Å². The van der Waals surface area contributed by atoms with Gasteiger partial charge < -0.3 is 9.47 Å². The molecule has 3 rings (SSSR count). The quantitative estimate of drug-likeness (QED) is 0.432. The molecular formula is C23H24ClNO2. The molecule has 0 saturated heterocycles. The predicted molar refractivity (Wildman–Crippen MR) is 110 cm³/mol. The van der Waals surface area contributed by atoms with Gasteiger partial charge in [0.25, 0.3) is 0 Å². The number of hydrogen-bond donors (Lipinski definition) is 0. The van der Waals surface area contributed by atoms with E-state index in [4.69, 9.17) is 21.1 Å². The topological polar surface area (TPSA) is 31.4 Å². The summed E-state index contributed by atoms with van der Waals surface area (Å²) >= 11 is 6.10. The fraction of sp³-hybridized carbons (Fsp3) is 0.261. The average Bonchev–Trinajstić information content (AvgIpc) is 2.69. The fourth-order valence-electron chi connectivity index (χ4n) is 2.76. The third-order valence-corrected chi connectivity index (χ3v) is 4.73. The molecule has 0 spiro atoms. The summed E-state index contributed by atoms with van der Waals surface area (Å²) in [5.41, 5.74) is 3.08. The number of ether oxygens (including phenoxy) is 2. The van der Waals surface area contributed by atoms with Gasteiger partial charge in [0.05, 0.1) is 5.69 Å². The first-order valence-corrected chi connectivity index (χ1v) is 9.63. The highest BCUT2D eigenvalue weighted by molar-refractivity contribution is 6.31. The Labute approximate surface area is 165 Å². The van der Waals surface area contributed by atoms with E-state index < -0.39 is 0 Å². The van der Waals surface area contributed by atoms with Crippen LogP contribution < -0.4 is 9.47 Å². The molecule has 1 aromatic heterocycles. The first-order chi connectivity index (χ1) is 13.2. The minimum absolute atomic E-state index is 0.434. The molecule has 3 nitrogen and oxygen atoms in total. The van der Waals surface area contributed by atoms with Gasteiger partial charge in [-0.15, -0.1) is 0 Å². The lowest BCUT2D eigenvalue weighted by Crippen LogP contribution is -2.01. The number of nitrogens with zero attached hydrogens (tertiary/aromatic N) is 1. The van der Waals surface area contributed by atoms with Crippen molar-refractivity contribution in [3.63, 3.8) is 0 Å². The monoisotopic (exact) mass is 381 g/mol. The van der Waals surface area contributed by atoms with Crippen molar-refractivity contribution in [2.24, 2.45) is 0 Å². The Kier molecular flexibility index (Phi) is 6.72. The maximum absolute atomic E-state index is 6.10. The molecule has 140 valence electrons. The molecule has 0 N–H and O–H groups in total. The number of hydrogen-bond acceptors (Lipinski definition) is 3. The summed E-state index contributed by atoms with van der Waals surface area (Å²) in [4.78, 5) is 4.32. The molecule has 27 heavy (non-hydrogen) atoms. The summed E-state index contributed by atoms with van der Waals surface area (Å²) in [5, 5.41) is 0.733. The van der Waals surface area contributed by atoms with E-state index in [1.807, 2.05) is 55.5 Å². The van der Waals surface area contributed by atoms with Crippen LogP contribution in [-0.2, 0) is 13.0 Å². The van der Waals surface area contributed by atoms with E-state index in [-0.39, 0.29) is 0 Å². The van der Waals surface area contributed by atoms with Crippen molar-refractivity contribution in [3.05, 3.63) is 82.6 Å². The van der Waals surface area contributed by atoms with Crippen molar-refractivity contribution >= 4 is 11.6 Å².